The first-order valence-electron chi connectivity index (χ1n) is 8.11. The van der Waals surface area contributed by atoms with E-state index in [9.17, 15) is 0 Å². The van der Waals surface area contributed by atoms with Crippen molar-refractivity contribution in [2.24, 2.45) is 0 Å². The van der Waals surface area contributed by atoms with Gasteiger partial charge in [-0.25, -0.2) is 4.98 Å². The Labute approximate surface area is 136 Å². The van der Waals surface area contributed by atoms with Crippen LogP contribution in [-0.4, -0.2) is 42.4 Å². The number of anilines is 2. The van der Waals surface area contributed by atoms with E-state index >= 15 is 0 Å². The van der Waals surface area contributed by atoms with Gasteiger partial charge in [0.2, 0.25) is 0 Å². The van der Waals surface area contributed by atoms with E-state index in [0.29, 0.717) is 12.6 Å². The smallest absolute Gasteiger partial charge is 0.128 e. The van der Waals surface area contributed by atoms with E-state index in [1.54, 1.807) is 0 Å². The third kappa shape index (κ3) is 4.36. The van der Waals surface area contributed by atoms with Crippen LogP contribution in [0.5, 0.6) is 5.75 Å². The van der Waals surface area contributed by atoms with Gasteiger partial charge in [-0.3, -0.25) is 0 Å². The number of ether oxygens (including phenoxy) is 1. The summed E-state index contributed by atoms with van der Waals surface area (Å²) in [6.07, 6.45) is 4.04. The molecule has 3 rings (SSSR count). The van der Waals surface area contributed by atoms with Crippen LogP contribution in [-0.2, 0) is 0 Å². The van der Waals surface area contributed by atoms with Gasteiger partial charge in [0, 0.05) is 31.0 Å². The topological polar surface area (TPSA) is 57.6 Å². The number of aliphatic hydroxyl groups is 1. The molecule has 5 nitrogen and oxygen atoms in total. The molecule has 2 heterocycles. The third-order valence-corrected chi connectivity index (χ3v) is 4.05. The van der Waals surface area contributed by atoms with E-state index in [1.807, 2.05) is 42.6 Å². The standard InChI is InChI=1S/C18H23N3O2/c22-13-14-23-17-6-4-15(5-7-17)20-16-8-11-21(12-9-16)18-3-1-2-10-19-18/h1-7,10,16,20,22H,8-9,11-14H2. The molecule has 5 heteroatoms. The number of rotatable bonds is 6. The molecule has 1 aromatic heterocycles. The summed E-state index contributed by atoms with van der Waals surface area (Å²) >= 11 is 0. The van der Waals surface area contributed by atoms with Crippen LogP contribution in [0, 0.1) is 0 Å². The molecule has 0 spiro atoms. The minimum absolute atomic E-state index is 0.0366. The second-order valence-electron chi connectivity index (χ2n) is 5.69. The molecule has 1 saturated heterocycles. The van der Waals surface area contributed by atoms with E-state index in [1.165, 1.54) is 0 Å². The molecule has 2 aromatic rings. The zero-order chi connectivity index (χ0) is 15.9. The molecule has 0 unspecified atom stereocenters. The van der Waals surface area contributed by atoms with Crippen LogP contribution in [0.3, 0.4) is 0 Å². The maximum atomic E-state index is 8.76. The highest BCUT2D eigenvalue weighted by Crippen LogP contribution is 2.22. The van der Waals surface area contributed by atoms with Crippen molar-refractivity contribution in [3.63, 3.8) is 0 Å². The minimum atomic E-state index is 0.0366. The summed E-state index contributed by atoms with van der Waals surface area (Å²) in [5, 5.41) is 12.3. The maximum Gasteiger partial charge on any atom is 0.128 e. The lowest BCUT2D eigenvalue weighted by Crippen LogP contribution is -2.39. The lowest BCUT2D eigenvalue weighted by molar-refractivity contribution is 0.201. The average Bonchev–Trinajstić information content (AvgIpc) is 2.62. The Bertz CT molecular complexity index is 581. The molecule has 0 amide bonds. The van der Waals surface area contributed by atoms with Gasteiger partial charge < -0.3 is 20.1 Å². The number of hydrogen-bond acceptors (Lipinski definition) is 5. The molecule has 2 N–H and O–H groups in total. The predicted molar refractivity (Wildman–Crippen MR) is 92.1 cm³/mol. The summed E-state index contributed by atoms with van der Waals surface area (Å²) in [5.41, 5.74) is 1.11. The molecular weight excluding hydrogens is 290 g/mol. The van der Waals surface area contributed by atoms with Crippen molar-refractivity contribution in [1.82, 2.24) is 4.98 Å². The summed E-state index contributed by atoms with van der Waals surface area (Å²) in [4.78, 5) is 6.76. The zero-order valence-corrected chi connectivity index (χ0v) is 13.2. The number of pyridine rings is 1. The summed E-state index contributed by atoms with van der Waals surface area (Å²) in [7, 11) is 0. The quantitative estimate of drug-likeness (QED) is 0.858. The maximum absolute atomic E-state index is 8.76. The normalized spacial score (nSPS) is 15.4. The van der Waals surface area contributed by atoms with E-state index in [2.05, 4.69) is 21.3 Å². The van der Waals surface area contributed by atoms with Crippen molar-refractivity contribution in [3.8, 4) is 5.75 Å². The van der Waals surface area contributed by atoms with Gasteiger partial charge in [-0.05, 0) is 49.2 Å². The van der Waals surface area contributed by atoms with Crippen LogP contribution < -0.4 is 15.0 Å². The first-order chi connectivity index (χ1) is 11.3. The van der Waals surface area contributed by atoms with Gasteiger partial charge in [0.05, 0.1) is 6.61 Å². The number of hydrogen-bond donors (Lipinski definition) is 2. The van der Waals surface area contributed by atoms with Crippen molar-refractivity contribution in [1.29, 1.82) is 0 Å². The highest BCUT2D eigenvalue weighted by Gasteiger charge is 2.19. The number of aliphatic hydroxyl groups excluding tert-OH is 1. The second-order valence-corrected chi connectivity index (χ2v) is 5.69. The SMILES string of the molecule is OCCOc1ccc(NC2CCN(c3ccccn3)CC2)cc1. The Hall–Kier alpha value is -2.27. The van der Waals surface area contributed by atoms with E-state index in [0.717, 1.165) is 43.2 Å². The number of nitrogens with zero attached hydrogens (tertiary/aromatic N) is 2. The molecular formula is C18H23N3O2. The van der Waals surface area contributed by atoms with Crippen molar-refractivity contribution in [2.45, 2.75) is 18.9 Å². The zero-order valence-electron chi connectivity index (χ0n) is 13.2. The monoisotopic (exact) mass is 313 g/mol. The van der Waals surface area contributed by atoms with Gasteiger partial charge in [-0.2, -0.15) is 0 Å². The Morgan fingerprint density at radius 3 is 2.57 bits per heavy atom. The van der Waals surface area contributed by atoms with Crippen LogP contribution in [0.1, 0.15) is 12.8 Å². The lowest BCUT2D eigenvalue weighted by Gasteiger charge is -2.33. The van der Waals surface area contributed by atoms with Crippen molar-refractivity contribution >= 4 is 11.5 Å². The molecule has 0 atom stereocenters. The van der Waals surface area contributed by atoms with Gasteiger partial charge in [0.1, 0.15) is 18.2 Å². The summed E-state index contributed by atoms with van der Waals surface area (Å²) in [5.74, 6) is 1.85. The van der Waals surface area contributed by atoms with Crippen molar-refractivity contribution < 1.29 is 9.84 Å². The lowest BCUT2D eigenvalue weighted by atomic mass is 10.0. The first kappa shape index (κ1) is 15.6. The van der Waals surface area contributed by atoms with Gasteiger partial charge in [-0.1, -0.05) is 6.07 Å². The van der Waals surface area contributed by atoms with E-state index < -0.39 is 0 Å². The van der Waals surface area contributed by atoms with Gasteiger partial charge in [0.25, 0.3) is 0 Å². The molecule has 1 aliphatic heterocycles. The van der Waals surface area contributed by atoms with Crippen LogP contribution in [0.2, 0.25) is 0 Å². The fourth-order valence-corrected chi connectivity index (χ4v) is 2.84. The van der Waals surface area contributed by atoms with Crippen LogP contribution in [0.4, 0.5) is 11.5 Å². The Morgan fingerprint density at radius 1 is 1.13 bits per heavy atom. The van der Waals surface area contributed by atoms with Gasteiger partial charge in [-0.15, -0.1) is 0 Å². The number of benzene rings is 1. The molecule has 1 fully saturated rings. The second kappa shape index (κ2) is 7.83. The van der Waals surface area contributed by atoms with Crippen molar-refractivity contribution in [3.05, 3.63) is 48.7 Å². The Kier molecular flexibility index (Phi) is 5.32. The molecule has 1 aromatic carbocycles. The van der Waals surface area contributed by atoms with Crippen molar-refractivity contribution in [2.75, 3.05) is 36.5 Å². The van der Waals surface area contributed by atoms with E-state index in [-0.39, 0.29) is 6.61 Å². The molecule has 23 heavy (non-hydrogen) atoms. The molecule has 122 valence electrons. The third-order valence-electron chi connectivity index (χ3n) is 4.05. The summed E-state index contributed by atoms with van der Waals surface area (Å²) < 4.78 is 5.37. The fourth-order valence-electron chi connectivity index (χ4n) is 2.84. The fraction of sp³-hybridized carbons (Fsp3) is 0.389. The van der Waals surface area contributed by atoms with Crippen LogP contribution >= 0.6 is 0 Å². The molecule has 1 aliphatic rings. The molecule has 0 radical (unpaired) electrons. The summed E-state index contributed by atoms with van der Waals surface area (Å²) in [6, 6.07) is 14.5. The number of aromatic nitrogens is 1. The minimum Gasteiger partial charge on any atom is -0.491 e. The number of nitrogens with one attached hydrogen (secondary N) is 1. The highest BCUT2D eigenvalue weighted by atomic mass is 16.5. The average molecular weight is 313 g/mol. The van der Waals surface area contributed by atoms with Gasteiger partial charge in [0.15, 0.2) is 0 Å². The molecule has 0 bridgehead atoms. The van der Waals surface area contributed by atoms with Crippen LogP contribution in [0.15, 0.2) is 48.7 Å². The molecule has 0 aliphatic carbocycles. The largest absolute Gasteiger partial charge is 0.491 e. The number of piperidine rings is 1. The van der Waals surface area contributed by atoms with E-state index in [4.69, 9.17) is 9.84 Å². The highest BCUT2D eigenvalue weighted by molar-refractivity contribution is 5.47. The van der Waals surface area contributed by atoms with Gasteiger partial charge >= 0.3 is 0 Å². The predicted octanol–water partition coefficient (Wildman–Crippen LogP) is 2.53. The van der Waals surface area contributed by atoms with Crippen LogP contribution in [0.25, 0.3) is 0 Å². The Morgan fingerprint density at radius 2 is 1.91 bits per heavy atom. The first-order valence-corrected chi connectivity index (χ1v) is 8.11. The molecule has 0 saturated carbocycles. The summed E-state index contributed by atoms with van der Waals surface area (Å²) in [6.45, 7) is 2.41. The Balaban J connectivity index is 1.49.